The van der Waals surface area contributed by atoms with E-state index in [0.717, 1.165) is 53.0 Å². The van der Waals surface area contributed by atoms with Crippen LogP contribution in [0.25, 0.3) is 11.0 Å². The minimum atomic E-state index is -0.661. The summed E-state index contributed by atoms with van der Waals surface area (Å²) in [6.45, 7) is 7.31. The number of likely N-dealkylation sites (tertiary alicyclic amines) is 1. The number of nitrogens with zero attached hydrogens (tertiary/aromatic N) is 4. The van der Waals surface area contributed by atoms with E-state index in [1.54, 1.807) is 6.20 Å². The molecule has 37 heavy (non-hydrogen) atoms. The highest BCUT2D eigenvalue weighted by Crippen LogP contribution is 2.39. The molecule has 1 atom stereocenters. The number of carbonyl (C=O) groups is 1. The van der Waals surface area contributed by atoms with Gasteiger partial charge in [0.2, 0.25) is 0 Å². The van der Waals surface area contributed by atoms with Gasteiger partial charge in [-0.2, -0.15) is 0 Å². The number of nitrogens with one attached hydrogen (secondary N) is 2. The number of fused-ring (bicyclic) bond motifs is 1. The fraction of sp³-hybridized carbons (Fsp3) is 0.556. The van der Waals surface area contributed by atoms with E-state index in [9.17, 15) is 14.0 Å². The highest BCUT2D eigenvalue weighted by Gasteiger charge is 2.36. The lowest BCUT2D eigenvalue weighted by Gasteiger charge is -2.44. The Bertz CT molecular complexity index is 1360. The van der Waals surface area contributed by atoms with Crippen molar-refractivity contribution in [1.82, 2.24) is 29.7 Å². The van der Waals surface area contributed by atoms with Crippen LogP contribution >= 0.6 is 11.8 Å². The van der Waals surface area contributed by atoms with E-state index in [-0.39, 0.29) is 24.1 Å². The molecule has 4 heterocycles. The fourth-order valence-corrected chi connectivity index (χ4v) is 6.86. The first-order valence-electron chi connectivity index (χ1n) is 13.0. The molecule has 1 saturated heterocycles. The minimum absolute atomic E-state index is 0.139. The summed E-state index contributed by atoms with van der Waals surface area (Å²) in [7, 11) is 0. The second kappa shape index (κ2) is 10.6. The van der Waals surface area contributed by atoms with Gasteiger partial charge in [0.25, 0.3) is 11.5 Å². The summed E-state index contributed by atoms with van der Waals surface area (Å²) >= 11 is 1.49. The lowest BCUT2D eigenvalue weighted by Crippen LogP contribution is -2.54. The number of aryl methyl sites for hydroxylation is 1. The van der Waals surface area contributed by atoms with Crippen LogP contribution in [-0.4, -0.2) is 61.9 Å². The Kier molecular flexibility index (Phi) is 7.40. The molecule has 1 aliphatic carbocycles. The average Bonchev–Trinajstić information content (AvgIpc) is 3.17. The number of hydrogen-bond acceptors (Lipinski definition) is 6. The van der Waals surface area contributed by atoms with Gasteiger partial charge in [-0.25, -0.2) is 14.4 Å². The van der Waals surface area contributed by atoms with Crippen molar-refractivity contribution >= 4 is 28.7 Å². The Morgan fingerprint density at radius 3 is 2.68 bits per heavy atom. The van der Waals surface area contributed by atoms with Crippen molar-refractivity contribution in [2.24, 2.45) is 5.92 Å². The van der Waals surface area contributed by atoms with Crippen molar-refractivity contribution in [3.8, 4) is 0 Å². The van der Waals surface area contributed by atoms with Crippen molar-refractivity contribution in [2.45, 2.75) is 76.2 Å². The zero-order chi connectivity index (χ0) is 26.3. The number of carbonyl (C=O) groups excluding carboxylic acids is 1. The SMILES string of the molecule is CSc1cc(C)[nH]c(=O)c1CNC(=O)c1c(C)n(C(C)C2CCC(N3CC(F)C3)CC2)c2ncncc12. The van der Waals surface area contributed by atoms with Gasteiger partial charge < -0.3 is 14.9 Å². The van der Waals surface area contributed by atoms with Gasteiger partial charge in [-0.15, -0.1) is 11.8 Å². The second-order valence-electron chi connectivity index (χ2n) is 10.5. The maximum atomic E-state index is 13.5. The van der Waals surface area contributed by atoms with Gasteiger partial charge in [0.05, 0.1) is 10.9 Å². The summed E-state index contributed by atoms with van der Waals surface area (Å²) < 4.78 is 15.5. The zero-order valence-electron chi connectivity index (χ0n) is 21.9. The third-order valence-electron chi connectivity index (χ3n) is 8.23. The molecule has 1 aliphatic heterocycles. The Morgan fingerprint density at radius 2 is 2.00 bits per heavy atom. The minimum Gasteiger partial charge on any atom is -0.348 e. The second-order valence-corrected chi connectivity index (χ2v) is 11.3. The lowest BCUT2D eigenvalue weighted by atomic mass is 9.80. The van der Waals surface area contributed by atoms with Gasteiger partial charge in [-0.1, -0.05) is 0 Å². The maximum Gasteiger partial charge on any atom is 0.254 e. The standard InChI is InChI=1S/C27H35FN6O2S/c1-15-9-23(37-4)21(26(35)32-15)11-30-27(36)24-17(3)34(25-22(24)10-29-14-31-25)16(2)18-5-7-20(8-6-18)33-12-19(28)13-33/h9-10,14,16,18-20H,5-8,11-13H2,1-4H3,(H,30,36)(H,32,35). The molecule has 3 aromatic rings. The van der Waals surface area contributed by atoms with E-state index in [4.69, 9.17) is 0 Å². The zero-order valence-corrected chi connectivity index (χ0v) is 22.7. The van der Waals surface area contributed by atoms with Gasteiger partial charge in [0, 0.05) is 59.8 Å². The van der Waals surface area contributed by atoms with Crippen LogP contribution in [0.15, 0.2) is 28.3 Å². The number of amides is 1. The largest absolute Gasteiger partial charge is 0.348 e. The van der Waals surface area contributed by atoms with E-state index < -0.39 is 6.17 Å². The highest BCUT2D eigenvalue weighted by atomic mass is 32.2. The molecule has 2 aliphatic rings. The third kappa shape index (κ3) is 4.93. The first-order valence-corrected chi connectivity index (χ1v) is 14.2. The first kappa shape index (κ1) is 25.9. The lowest BCUT2D eigenvalue weighted by molar-refractivity contribution is 0.00541. The van der Waals surface area contributed by atoms with Crippen LogP contribution < -0.4 is 10.9 Å². The quantitative estimate of drug-likeness (QED) is 0.449. The molecule has 198 valence electrons. The van der Waals surface area contributed by atoms with E-state index >= 15 is 0 Å². The fourth-order valence-electron chi connectivity index (χ4n) is 6.16. The monoisotopic (exact) mass is 526 g/mol. The summed E-state index contributed by atoms with van der Waals surface area (Å²) in [5.74, 6) is 0.215. The average molecular weight is 527 g/mol. The Morgan fingerprint density at radius 1 is 1.27 bits per heavy atom. The molecule has 0 aromatic carbocycles. The first-order chi connectivity index (χ1) is 17.8. The van der Waals surface area contributed by atoms with Gasteiger partial charge in [-0.05, 0) is 64.7 Å². The van der Waals surface area contributed by atoms with E-state index in [1.807, 2.05) is 26.2 Å². The Hall–Kier alpha value is -2.72. The van der Waals surface area contributed by atoms with Crippen LogP contribution in [0.4, 0.5) is 4.39 Å². The number of thioether (sulfide) groups is 1. The topological polar surface area (TPSA) is 95.9 Å². The van der Waals surface area contributed by atoms with Gasteiger partial charge in [0.1, 0.15) is 18.1 Å². The summed E-state index contributed by atoms with van der Waals surface area (Å²) in [5.41, 5.74) is 3.33. The molecule has 8 nitrogen and oxygen atoms in total. The molecule has 1 saturated carbocycles. The van der Waals surface area contributed by atoms with E-state index in [1.165, 1.54) is 18.1 Å². The third-order valence-corrected chi connectivity index (χ3v) is 9.03. The van der Waals surface area contributed by atoms with Gasteiger partial charge in [-0.3, -0.25) is 14.5 Å². The van der Waals surface area contributed by atoms with Crippen LogP contribution in [-0.2, 0) is 6.54 Å². The molecule has 0 radical (unpaired) electrons. The van der Waals surface area contributed by atoms with Crippen molar-refractivity contribution in [1.29, 1.82) is 0 Å². The van der Waals surface area contributed by atoms with Crippen LogP contribution in [0, 0.1) is 19.8 Å². The number of H-pyrrole nitrogens is 1. The maximum absolute atomic E-state index is 13.5. The molecule has 0 bridgehead atoms. The summed E-state index contributed by atoms with van der Waals surface area (Å²) in [5, 5.41) is 3.69. The number of pyridine rings is 1. The van der Waals surface area contributed by atoms with Crippen molar-refractivity contribution in [2.75, 3.05) is 19.3 Å². The normalized spacial score (nSPS) is 21.6. The highest BCUT2D eigenvalue weighted by molar-refractivity contribution is 7.98. The number of hydrogen-bond donors (Lipinski definition) is 2. The predicted octanol–water partition coefficient (Wildman–Crippen LogP) is 4.16. The van der Waals surface area contributed by atoms with Crippen LogP contribution in [0.2, 0.25) is 0 Å². The number of aromatic amines is 1. The molecule has 1 amide bonds. The molecule has 0 spiro atoms. The van der Waals surface area contributed by atoms with Crippen molar-refractivity contribution < 1.29 is 9.18 Å². The molecular weight excluding hydrogens is 491 g/mol. The molecule has 5 rings (SSSR count). The van der Waals surface area contributed by atoms with E-state index in [2.05, 4.69) is 36.7 Å². The van der Waals surface area contributed by atoms with Crippen LogP contribution in [0.3, 0.4) is 0 Å². The van der Waals surface area contributed by atoms with Crippen LogP contribution in [0.5, 0.6) is 0 Å². The van der Waals surface area contributed by atoms with E-state index in [0.29, 0.717) is 36.2 Å². The molecular formula is C27H35FN6O2S. The number of halogens is 1. The van der Waals surface area contributed by atoms with Crippen LogP contribution in [0.1, 0.15) is 66.0 Å². The molecule has 2 fully saturated rings. The summed E-state index contributed by atoms with van der Waals surface area (Å²) in [6.07, 6.45) is 8.77. The predicted molar refractivity (Wildman–Crippen MR) is 144 cm³/mol. The number of rotatable bonds is 7. The Labute approximate surface area is 220 Å². The smallest absolute Gasteiger partial charge is 0.254 e. The Balaban J connectivity index is 1.37. The number of alkyl halides is 1. The molecule has 10 heteroatoms. The molecule has 2 N–H and O–H groups in total. The van der Waals surface area contributed by atoms with Gasteiger partial charge >= 0.3 is 0 Å². The van der Waals surface area contributed by atoms with Gasteiger partial charge in [0.15, 0.2) is 0 Å². The molecule has 3 aromatic heterocycles. The summed E-state index contributed by atoms with van der Waals surface area (Å²) in [6, 6.07) is 2.57. The van der Waals surface area contributed by atoms with Crippen molar-refractivity contribution in [3.05, 3.63) is 51.5 Å². The summed E-state index contributed by atoms with van der Waals surface area (Å²) in [4.78, 5) is 40.8. The van der Waals surface area contributed by atoms with Crippen molar-refractivity contribution in [3.63, 3.8) is 0 Å². The number of aromatic nitrogens is 4. The molecule has 1 unspecified atom stereocenters.